The van der Waals surface area contributed by atoms with Gasteiger partial charge in [0.05, 0.1) is 18.2 Å². The van der Waals surface area contributed by atoms with Crippen LogP contribution in [0.5, 0.6) is 11.5 Å². The first kappa shape index (κ1) is 16.4. The Morgan fingerprint density at radius 2 is 1.95 bits per heavy atom. The molecule has 0 atom stereocenters. The first-order valence-electron chi connectivity index (χ1n) is 7.91. The minimum absolute atomic E-state index is 0.250. The van der Waals surface area contributed by atoms with Gasteiger partial charge in [0.1, 0.15) is 0 Å². The molecule has 1 aliphatic carbocycles. The maximum absolute atomic E-state index is 6.38. The van der Waals surface area contributed by atoms with Gasteiger partial charge < -0.3 is 15.2 Å². The van der Waals surface area contributed by atoms with Gasteiger partial charge in [0.2, 0.25) is 0 Å². The van der Waals surface area contributed by atoms with Gasteiger partial charge in [-0.2, -0.15) is 0 Å². The second-order valence-electron chi connectivity index (χ2n) is 5.82. The topological polar surface area (TPSA) is 44.5 Å². The second kappa shape index (κ2) is 7.90. The molecule has 1 saturated carbocycles. The lowest BCUT2D eigenvalue weighted by molar-refractivity contribution is 0.126. The summed E-state index contributed by atoms with van der Waals surface area (Å²) < 4.78 is 11.6. The molecule has 1 aromatic carbocycles. The molecule has 2 rings (SSSR count). The summed E-state index contributed by atoms with van der Waals surface area (Å²) in [7, 11) is 1.65. The van der Waals surface area contributed by atoms with Crippen molar-refractivity contribution in [2.45, 2.75) is 51.6 Å². The van der Waals surface area contributed by atoms with Crippen LogP contribution >= 0.6 is 11.6 Å². The Kier molecular flexibility index (Phi) is 6.19. The third-order valence-electron chi connectivity index (χ3n) is 4.38. The predicted molar refractivity (Wildman–Crippen MR) is 87.4 cm³/mol. The highest BCUT2D eigenvalue weighted by Gasteiger charge is 2.23. The molecule has 0 aromatic heterocycles. The van der Waals surface area contributed by atoms with Crippen LogP contribution in [0.2, 0.25) is 5.02 Å². The first-order valence-corrected chi connectivity index (χ1v) is 8.28. The Bertz CT molecular complexity index is 456. The Balaban J connectivity index is 2.09. The Hall–Kier alpha value is -0.930. The molecule has 3 nitrogen and oxygen atoms in total. The van der Waals surface area contributed by atoms with E-state index >= 15 is 0 Å². The number of nitrogens with two attached hydrogens (primary N) is 1. The van der Waals surface area contributed by atoms with E-state index in [1.165, 1.54) is 19.3 Å². The third-order valence-corrected chi connectivity index (χ3v) is 4.66. The van der Waals surface area contributed by atoms with Gasteiger partial charge >= 0.3 is 0 Å². The van der Waals surface area contributed by atoms with Crippen molar-refractivity contribution in [1.29, 1.82) is 0 Å². The molecule has 0 aliphatic heterocycles. The number of rotatable bonds is 6. The molecule has 118 valence electrons. The van der Waals surface area contributed by atoms with Crippen molar-refractivity contribution in [3.63, 3.8) is 0 Å². The molecule has 1 aliphatic rings. The van der Waals surface area contributed by atoms with Crippen molar-refractivity contribution in [2.24, 2.45) is 11.7 Å². The van der Waals surface area contributed by atoms with Crippen molar-refractivity contribution < 1.29 is 9.47 Å². The molecule has 0 saturated heterocycles. The Morgan fingerprint density at radius 3 is 2.52 bits per heavy atom. The van der Waals surface area contributed by atoms with Crippen LogP contribution in [0, 0.1) is 5.92 Å². The van der Waals surface area contributed by atoms with Crippen LogP contribution in [0.1, 0.15) is 44.6 Å². The van der Waals surface area contributed by atoms with Gasteiger partial charge in [-0.3, -0.25) is 0 Å². The van der Waals surface area contributed by atoms with E-state index in [1.54, 1.807) is 7.11 Å². The highest BCUT2D eigenvalue weighted by molar-refractivity contribution is 6.32. The van der Waals surface area contributed by atoms with E-state index in [4.69, 9.17) is 26.8 Å². The molecule has 0 bridgehead atoms. The average molecular weight is 312 g/mol. The van der Waals surface area contributed by atoms with Crippen LogP contribution < -0.4 is 15.2 Å². The molecule has 0 heterocycles. The summed E-state index contributed by atoms with van der Waals surface area (Å²) in [6.45, 7) is 2.86. The van der Waals surface area contributed by atoms with Crippen molar-refractivity contribution in [3.05, 3.63) is 22.7 Å². The SMILES string of the molecule is CCC1CCC(Oc2c(Cl)cc(CCN)cc2OC)CC1. The molecule has 0 amide bonds. The molecule has 0 radical (unpaired) electrons. The van der Waals surface area contributed by atoms with Gasteiger partial charge in [0.25, 0.3) is 0 Å². The van der Waals surface area contributed by atoms with Gasteiger partial charge in [-0.25, -0.2) is 0 Å². The van der Waals surface area contributed by atoms with E-state index in [0.29, 0.717) is 23.1 Å². The summed E-state index contributed by atoms with van der Waals surface area (Å²) in [5.41, 5.74) is 6.69. The zero-order valence-electron chi connectivity index (χ0n) is 13.0. The standard InChI is InChI=1S/C17H26ClNO2/c1-3-12-4-6-14(7-5-12)21-17-15(18)10-13(8-9-19)11-16(17)20-2/h10-12,14H,3-9,19H2,1-2H3. The van der Waals surface area contributed by atoms with Gasteiger partial charge in [0.15, 0.2) is 11.5 Å². The van der Waals surface area contributed by atoms with Gasteiger partial charge in [0, 0.05) is 0 Å². The average Bonchev–Trinajstić information content (AvgIpc) is 2.50. The Morgan fingerprint density at radius 1 is 1.24 bits per heavy atom. The Labute approximate surface area is 132 Å². The zero-order chi connectivity index (χ0) is 15.2. The van der Waals surface area contributed by atoms with Crippen molar-refractivity contribution in [1.82, 2.24) is 0 Å². The van der Waals surface area contributed by atoms with Crippen LogP contribution in [-0.2, 0) is 6.42 Å². The monoisotopic (exact) mass is 311 g/mol. The van der Waals surface area contributed by atoms with Gasteiger partial charge in [-0.1, -0.05) is 24.9 Å². The van der Waals surface area contributed by atoms with E-state index in [0.717, 1.165) is 30.7 Å². The highest BCUT2D eigenvalue weighted by Crippen LogP contribution is 2.39. The summed E-state index contributed by atoms with van der Waals surface area (Å²) in [5.74, 6) is 2.25. The lowest BCUT2D eigenvalue weighted by atomic mass is 9.86. The van der Waals surface area contributed by atoms with Crippen molar-refractivity contribution in [2.75, 3.05) is 13.7 Å². The van der Waals surface area contributed by atoms with E-state index in [-0.39, 0.29) is 6.10 Å². The number of hydrogen-bond donors (Lipinski definition) is 1. The van der Waals surface area contributed by atoms with Crippen LogP contribution in [0.25, 0.3) is 0 Å². The predicted octanol–water partition coefficient (Wildman–Crippen LogP) is 4.20. The van der Waals surface area contributed by atoms with Crippen molar-refractivity contribution >= 4 is 11.6 Å². The van der Waals surface area contributed by atoms with Gasteiger partial charge in [-0.15, -0.1) is 0 Å². The fourth-order valence-corrected chi connectivity index (χ4v) is 3.30. The second-order valence-corrected chi connectivity index (χ2v) is 6.22. The number of benzene rings is 1. The fourth-order valence-electron chi connectivity index (χ4n) is 3.02. The molecular weight excluding hydrogens is 286 g/mol. The first-order chi connectivity index (χ1) is 10.2. The molecule has 4 heteroatoms. The van der Waals surface area contributed by atoms with E-state index in [1.807, 2.05) is 12.1 Å². The zero-order valence-corrected chi connectivity index (χ0v) is 13.8. The summed E-state index contributed by atoms with van der Waals surface area (Å²) in [6.07, 6.45) is 6.99. The maximum Gasteiger partial charge on any atom is 0.180 e. The van der Waals surface area contributed by atoms with Crippen LogP contribution in [0.4, 0.5) is 0 Å². The van der Waals surface area contributed by atoms with Crippen LogP contribution in [0.3, 0.4) is 0 Å². The lowest BCUT2D eigenvalue weighted by Gasteiger charge is -2.29. The summed E-state index contributed by atoms with van der Waals surface area (Å²) in [6, 6.07) is 3.91. The smallest absolute Gasteiger partial charge is 0.180 e. The summed E-state index contributed by atoms with van der Waals surface area (Å²) in [4.78, 5) is 0. The van der Waals surface area contributed by atoms with E-state index in [9.17, 15) is 0 Å². The molecular formula is C17H26ClNO2. The number of hydrogen-bond acceptors (Lipinski definition) is 3. The fraction of sp³-hybridized carbons (Fsp3) is 0.647. The lowest BCUT2D eigenvalue weighted by Crippen LogP contribution is -2.24. The van der Waals surface area contributed by atoms with Gasteiger partial charge in [-0.05, 0) is 62.3 Å². The minimum Gasteiger partial charge on any atom is -0.493 e. The summed E-state index contributed by atoms with van der Waals surface area (Å²) >= 11 is 6.38. The largest absolute Gasteiger partial charge is 0.493 e. The molecule has 0 unspecified atom stereocenters. The minimum atomic E-state index is 0.250. The highest BCUT2D eigenvalue weighted by atomic mass is 35.5. The van der Waals surface area contributed by atoms with Crippen molar-refractivity contribution in [3.8, 4) is 11.5 Å². The molecule has 1 aromatic rings. The third kappa shape index (κ3) is 4.27. The molecule has 0 spiro atoms. The number of methoxy groups -OCH3 is 1. The maximum atomic E-state index is 6.38. The van der Waals surface area contributed by atoms with Crippen LogP contribution in [-0.4, -0.2) is 19.8 Å². The normalized spacial score (nSPS) is 22.1. The molecule has 2 N–H and O–H groups in total. The summed E-state index contributed by atoms with van der Waals surface area (Å²) in [5, 5.41) is 0.621. The molecule has 1 fully saturated rings. The quantitative estimate of drug-likeness (QED) is 0.856. The van der Waals surface area contributed by atoms with E-state index < -0.39 is 0 Å². The number of ether oxygens (including phenoxy) is 2. The van der Waals surface area contributed by atoms with E-state index in [2.05, 4.69) is 6.92 Å². The molecule has 21 heavy (non-hydrogen) atoms. The number of halogens is 1. The van der Waals surface area contributed by atoms with Crippen LogP contribution in [0.15, 0.2) is 12.1 Å².